The largest absolute Gasteiger partial charge is 0.484 e. The quantitative estimate of drug-likeness (QED) is 0.851. The van der Waals surface area contributed by atoms with Crippen molar-refractivity contribution in [2.45, 2.75) is 27.2 Å². The van der Waals surface area contributed by atoms with E-state index >= 15 is 0 Å². The zero-order valence-corrected chi connectivity index (χ0v) is 14.2. The van der Waals surface area contributed by atoms with Crippen LogP contribution in [0.2, 0.25) is 0 Å². The third-order valence-corrected chi connectivity index (χ3v) is 3.34. The summed E-state index contributed by atoms with van der Waals surface area (Å²) >= 11 is 0. The van der Waals surface area contributed by atoms with Gasteiger partial charge in [0.1, 0.15) is 5.75 Å². The van der Waals surface area contributed by atoms with Gasteiger partial charge >= 0.3 is 0 Å². The third-order valence-electron chi connectivity index (χ3n) is 3.34. The Morgan fingerprint density at radius 3 is 1.88 bits per heavy atom. The molecule has 0 aliphatic rings. The molecule has 2 amide bonds. The van der Waals surface area contributed by atoms with Gasteiger partial charge in [0, 0.05) is 17.8 Å². The number of amides is 2. The van der Waals surface area contributed by atoms with E-state index < -0.39 is 0 Å². The normalized spacial score (nSPS) is 10.1. The van der Waals surface area contributed by atoms with Crippen LogP contribution in [0.25, 0.3) is 0 Å². The molecule has 0 spiro atoms. The van der Waals surface area contributed by atoms with E-state index in [1.165, 1.54) is 0 Å². The van der Waals surface area contributed by atoms with Crippen molar-refractivity contribution < 1.29 is 14.3 Å². The molecule has 0 aliphatic heterocycles. The number of nitrogens with one attached hydrogen (secondary N) is 2. The fraction of sp³-hybridized carbons (Fsp3) is 0.263. The molecule has 0 saturated heterocycles. The van der Waals surface area contributed by atoms with Gasteiger partial charge < -0.3 is 15.4 Å². The Hall–Kier alpha value is -2.82. The molecule has 126 valence electrons. The standard InChI is InChI=1S/C19H22N2O3/c1-4-18(22)20-15-5-7-16(8-6-15)21-19(23)12-24-17-10-13(2)9-14(3)11-17/h5-11H,4,12H2,1-3H3,(H,20,22)(H,21,23). The number of carbonyl (C=O) groups is 2. The number of anilines is 2. The summed E-state index contributed by atoms with van der Waals surface area (Å²) in [5.41, 5.74) is 3.54. The van der Waals surface area contributed by atoms with Gasteiger partial charge in [0.15, 0.2) is 6.61 Å². The Morgan fingerprint density at radius 1 is 0.875 bits per heavy atom. The summed E-state index contributed by atoms with van der Waals surface area (Å²) < 4.78 is 5.52. The number of benzene rings is 2. The van der Waals surface area contributed by atoms with E-state index in [4.69, 9.17) is 4.74 Å². The Labute approximate surface area is 142 Å². The highest BCUT2D eigenvalue weighted by Gasteiger charge is 2.05. The zero-order valence-electron chi connectivity index (χ0n) is 14.2. The lowest BCUT2D eigenvalue weighted by molar-refractivity contribution is -0.118. The number of hydrogen-bond acceptors (Lipinski definition) is 3. The summed E-state index contributed by atoms with van der Waals surface area (Å²) in [6.07, 6.45) is 0.425. The van der Waals surface area contributed by atoms with E-state index in [0.717, 1.165) is 11.1 Å². The highest BCUT2D eigenvalue weighted by atomic mass is 16.5. The van der Waals surface area contributed by atoms with Crippen LogP contribution in [0, 0.1) is 13.8 Å². The maximum atomic E-state index is 12.0. The van der Waals surface area contributed by atoms with Crippen molar-refractivity contribution in [2.24, 2.45) is 0 Å². The summed E-state index contributed by atoms with van der Waals surface area (Å²) in [4.78, 5) is 23.3. The summed E-state index contributed by atoms with van der Waals surface area (Å²) in [6.45, 7) is 5.70. The first-order chi connectivity index (χ1) is 11.5. The summed E-state index contributed by atoms with van der Waals surface area (Å²) in [7, 11) is 0. The molecule has 2 N–H and O–H groups in total. The lowest BCUT2D eigenvalue weighted by Crippen LogP contribution is -2.20. The molecule has 2 aromatic rings. The number of carbonyl (C=O) groups excluding carboxylic acids is 2. The molecule has 0 unspecified atom stereocenters. The Balaban J connectivity index is 1.86. The number of hydrogen-bond donors (Lipinski definition) is 2. The van der Waals surface area contributed by atoms with Crippen molar-refractivity contribution in [3.63, 3.8) is 0 Å². The number of ether oxygens (including phenoxy) is 1. The predicted octanol–water partition coefficient (Wildman–Crippen LogP) is 3.67. The topological polar surface area (TPSA) is 67.4 Å². The third kappa shape index (κ3) is 5.43. The van der Waals surface area contributed by atoms with Gasteiger partial charge in [0.2, 0.25) is 5.91 Å². The van der Waals surface area contributed by atoms with E-state index in [9.17, 15) is 9.59 Å². The highest BCUT2D eigenvalue weighted by molar-refractivity contribution is 5.93. The molecular weight excluding hydrogens is 304 g/mol. The Kier molecular flexibility index (Phi) is 5.95. The van der Waals surface area contributed by atoms with Gasteiger partial charge in [-0.2, -0.15) is 0 Å². The first-order valence-electron chi connectivity index (χ1n) is 7.87. The predicted molar refractivity (Wildman–Crippen MR) is 95.4 cm³/mol. The first kappa shape index (κ1) is 17.5. The molecule has 24 heavy (non-hydrogen) atoms. The molecule has 5 heteroatoms. The van der Waals surface area contributed by atoms with Crippen molar-refractivity contribution >= 4 is 23.2 Å². The van der Waals surface area contributed by atoms with Crippen molar-refractivity contribution in [2.75, 3.05) is 17.2 Å². The van der Waals surface area contributed by atoms with E-state index in [0.29, 0.717) is 23.5 Å². The number of rotatable bonds is 6. The molecule has 0 saturated carbocycles. The van der Waals surface area contributed by atoms with E-state index in [1.807, 2.05) is 32.0 Å². The fourth-order valence-corrected chi connectivity index (χ4v) is 2.25. The minimum Gasteiger partial charge on any atom is -0.484 e. The maximum absolute atomic E-state index is 12.0. The van der Waals surface area contributed by atoms with Crippen LogP contribution in [0.3, 0.4) is 0 Å². The molecule has 0 radical (unpaired) electrons. The highest BCUT2D eigenvalue weighted by Crippen LogP contribution is 2.17. The van der Waals surface area contributed by atoms with Gasteiger partial charge in [0.05, 0.1) is 0 Å². The monoisotopic (exact) mass is 326 g/mol. The van der Waals surface area contributed by atoms with E-state index in [1.54, 1.807) is 31.2 Å². The molecule has 0 atom stereocenters. The molecular formula is C19H22N2O3. The van der Waals surface area contributed by atoms with Gasteiger partial charge in [0.25, 0.3) is 5.91 Å². The van der Waals surface area contributed by atoms with Gasteiger partial charge in [-0.25, -0.2) is 0 Å². The lowest BCUT2D eigenvalue weighted by atomic mass is 10.1. The summed E-state index contributed by atoms with van der Waals surface area (Å²) in [5.74, 6) is 0.397. The van der Waals surface area contributed by atoms with Crippen LogP contribution >= 0.6 is 0 Å². The van der Waals surface area contributed by atoms with E-state index in [2.05, 4.69) is 10.6 Å². The molecule has 0 heterocycles. The van der Waals surface area contributed by atoms with E-state index in [-0.39, 0.29) is 18.4 Å². The lowest BCUT2D eigenvalue weighted by Gasteiger charge is -2.10. The van der Waals surface area contributed by atoms with Crippen molar-refractivity contribution in [3.05, 3.63) is 53.6 Å². The van der Waals surface area contributed by atoms with Crippen LogP contribution in [0.4, 0.5) is 11.4 Å². The minimum absolute atomic E-state index is 0.0476. The van der Waals surface area contributed by atoms with Gasteiger partial charge in [-0.1, -0.05) is 13.0 Å². The van der Waals surface area contributed by atoms with Crippen molar-refractivity contribution in [3.8, 4) is 5.75 Å². The average Bonchev–Trinajstić information content (AvgIpc) is 2.54. The van der Waals surface area contributed by atoms with Crippen LogP contribution in [0.15, 0.2) is 42.5 Å². The van der Waals surface area contributed by atoms with Gasteiger partial charge in [-0.15, -0.1) is 0 Å². The van der Waals surface area contributed by atoms with Crippen molar-refractivity contribution in [1.82, 2.24) is 0 Å². The molecule has 5 nitrogen and oxygen atoms in total. The smallest absolute Gasteiger partial charge is 0.262 e. The molecule has 2 rings (SSSR count). The van der Waals surface area contributed by atoms with Crippen molar-refractivity contribution in [1.29, 1.82) is 0 Å². The SMILES string of the molecule is CCC(=O)Nc1ccc(NC(=O)COc2cc(C)cc(C)c2)cc1. The molecule has 0 aromatic heterocycles. The second-order valence-corrected chi connectivity index (χ2v) is 5.64. The first-order valence-corrected chi connectivity index (χ1v) is 7.87. The van der Waals surface area contributed by atoms with Crippen LogP contribution in [-0.4, -0.2) is 18.4 Å². The molecule has 2 aromatic carbocycles. The fourth-order valence-electron chi connectivity index (χ4n) is 2.25. The Bertz CT molecular complexity index is 704. The van der Waals surface area contributed by atoms with Crippen LogP contribution in [-0.2, 0) is 9.59 Å². The Morgan fingerprint density at radius 2 is 1.38 bits per heavy atom. The number of aryl methyl sites for hydroxylation is 2. The second-order valence-electron chi connectivity index (χ2n) is 5.64. The summed E-state index contributed by atoms with van der Waals surface area (Å²) in [6, 6.07) is 12.8. The summed E-state index contributed by atoms with van der Waals surface area (Å²) in [5, 5.41) is 5.51. The molecule has 0 bridgehead atoms. The average molecular weight is 326 g/mol. The van der Waals surface area contributed by atoms with Crippen LogP contribution in [0.1, 0.15) is 24.5 Å². The van der Waals surface area contributed by atoms with Gasteiger partial charge in [-0.05, 0) is 61.4 Å². The minimum atomic E-state index is -0.237. The molecule has 0 aliphatic carbocycles. The van der Waals surface area contributed by atoms with Crippen LogP contribution < -0.4 is 15.4 Å². The second kappa shape index (κ2) is 8.15. The molecule has 0 fully saturated rings. The van der Waals surface area contributed by atoms with Gasteiger partial charge in [-0.3, -0.25) is 9.59 Å². The zero-order chi connectivity index (χ0) is 17.5. The van der Waals surface area contributed by atoms with Crippen LogP contribution in [0.5, 0.6) is 5.75 Å². The maximum Gasteiger partial charge on any atom is 0.262 e.